The minimum Gasteiger partial charge on any atom is -0.507 e. The van der Waals surface area contributed by atoms with Crippen LogP contribution < -0.4 is 11.5 Å². The molecule has 6 unspecified atom stereocenters. The zero-order chi connectivity index (χ0) is 28.5. The number of phenols is 1. The molecule has 0 saturated heterocycles. The van der Waals surface area contributed by atoms with Crippen molar-refractivity contribution in [3.05, 3.63) is 53.1 Å². The van der Waals surface area contributed by atoms with Gasteiger partial charge in [-0.15, -0.1) is 0 Å². The number of fused-ring (bicyclic) bond motifs is 3. The molecule has 2 fully saturated rings. The molecule has 2 amide bonds. The van der Waals surface area contributed by atoms with Crippen molar-refractivity contribution in [2.24, 2.45) is 35.1 Å². The Morgan fingerprint density at radius 1 is 1.03 bits per heavy atom. The third kappa shape index (κ3) is 3.64. The Labute approximate surface area is 222 Å². The Balaban J connectivity index is 1.66. The van der Waals surface area contributed by atoms with Gasteiger partial charge in [-0.25, -0.2) is 0 Å². The van der Waals surface area contributed by atoms with E-state index in [4.69, 9.17) is 11.5 Å². The monoisotopic (exact) mass is 533 g/mol. The summed E-state index contributed by atoms with van der Waals surface area (Å²) in [6.07, 6.45) is 0.0523. The van der Waals surface area contributed by atoms with Crippen molar-refractivity contribution in [2.75, 3.05) is 14.1 Å². The van der Waals surface area contributed by atoms with Crippen molar-refractivity contribution in [3.8, 4) is 16.9 Å². The molecule has 2 aromatic rings. The summed E-state index contributed by atoms with van der Waals surface area (Å²) in [5.74, 6) is -11.7. The Kier molecular flexibility index (Phi) is 6.04. The summed E-state index contributed by atoms with van der Waals surface area (Å²) in [5.41, 5.74) is 9.64. The molecule has 2 saturated carbocycles. The fraction of sp³-hybridized carbons (Fsp3) is 0.357. The van der Waals surface area contributed by atoms with Crippen LogP contribution in [0.5, 0.6) is 5.75 Å². The number of amides is 2. The fourth-order valence-electron chi connectivity index (χ4n) is 6.72. The lowest BCUT2D eigenvalue weighted by Gasteiger charge is -2.52. The second-order valence-electron chi connectivity index (χ2n) is 10.7. The van der Waals surface area contributed by atoms with Crippen molar-refractivity contribution in [3.63, 3.8) is 0 Å². The van der Waals surface area contributed by atoms with Gasteiger partial charge in [0.05, 0.1) is 17.5 Å². The molecule has 0 aliphatic heterocycles. The molecule has 0 heterocycles. The average molecular weight is 534 g/mol. The van der Waals surface area contributed by atoms with E-state index in [9.17, 15) is 39.0 Å². The number of primary amides is 2. The van der Waals surface area contributed by atoms with Gasteiger partial charge in [0.2, 0.25) is 11.8 Å². The number of aliphatic hydroxyl groups is 1. The van der Waals surface area contributed by atoms with Crippen molar-refractivity contribution >= 4 is 34.9 Å². The molecule has 6 N–H and O–H groups in total. The van der Waals surface area contributed by atoms with Gasteiger partial charge in [-0.3, -0.25) is 33.7 Å². The minimum atomic E-state index is -2.78. The highest BCUT2D eigenvalue weighted by atomic mass is 16.3. The molecule has 0 aromatic heterocycles. The lowest BCUT2D eigenvalue weighted by atomic mass is 9.52. The van der Waals surface area contributed by atoms with E-state index in [-0.39, 0.29) is 29.7 Å². The standard InChI is InChI=1S/C28H27N3O8/c1-31(2)21-16-10-13-9-15-14(11-4-3-5-12(8-11)26(29)37)6-7-17(32)19(15)22(33)18(13)24(35)28(16,39)25(36)20(23(21)34)27(30)38/h3-8,13,16,18,20-21,32,39H,9-10H2,1-2H3,(H2,29,37)(H2,30,38). The maximum atomic E-state index is 13.9. The van der Waals surface area contributed by atoms with Gasteiger partial charge in [0.15, 0.2) is 34.7 Å². The molecule has 39 heavy (non-hydrogen) atoms. The number of aromatic hydroxyl groups is 1. The van der Waals surface area contributed by atoms with E-state index in [1.165, 1.54) is 25.1 Å². The number of hydrogen-bond donors (Lipinski definition) is 4. The summed E-state index contributed by atoms with van der Waals surface area (Å²) in [5, 5.41) is 22.3. The number of Topliss-reactive ketones (excluding diaryl/α,β-unsaturated/α-hetero) is 4. The highest BCUT2D eigenvalue weighted by Gasteiger charge is 2.69. The van der Waals surface area contributed by atoms with Crippen molar-refractivity contribution in [1.82, 2.24) is 4.90 Å². The Morgan fingerprint density at radius 3 is 2.33 bits per heavy atom. The van der Waals surface area contributed by atoms with E-state index < -0.39 is 70.3 Å². The maximum absolute atomic E-state index is 13.9. The van der Waals surface area contributed by atoms with Gasteiger partial charge >= 0.3 is 0 Å². The van der Waals surface area contributed by atoms with Crippen molar-refractivity contribution < 1.29 is 39.0 Å². The lowest BCUT2D eigenvalue weighted by molar-refractivity contribution is -0.181. The molecule has 11 heteroatoms. The maximum Gasteiger partial charge on any atom is 0.248 e. The zero-order valence-corrected chi connectivity index (χ0v) is 21.2. The first-order chi connectivity index (χ1) is 18.3. The second kappa shape index (κ2) is 8.92. The van der Waals surface area contributed by atoms with Crippen LogP contribution >= 0.6 is 0 Å². The SMILES string of the molecule is CN(C)C1C(=O)C(C(N)=O)C(=O)C2(O)C(=O)C3C(=O)c4c(O)ccc(-c5cccc(C(N)=O)c5)c4CC3CC12. The quantitative estimate of drug-likeness (QED) is 0.379. The predicted molar refractivity (Wildman–Crippen MR) is 135 cm³/mol. The number of phenolic OH excluding ortho intramolecular Hbond substituents is 1. The van der Waals surface area contributed by atoms with Gasteiger partial charge in [-0.1, -0.05) is 18.2 Å². The van der Waals surface area contributed by atoms with E-state index in [0.717, 1.165) is 0 Å². The summed E-state index contributed by atoms with van der Waals surface area (Å²) in [6.45, 7) is 0. The Morgan fingerprint density at radius 2 is 1.72 bits per heavy atom. The van der Waals surface area contributed by atoms with Crippen LogP contribution in [0.1, 0.15) is 32.7 Å². The number of rotatable bonds is 4. The molecule has 3 aliphatic rings. The number of benzene rings is 2. The van der Waals surface area contributed by atoms with Crippen LogP contribution in [-0.4, -0.2) is 75.8 Å². The number of ketones is 4. The van der Waals surface area contributed by atoms with Crippen LogP contribution in [0.15, 0.2) is 36.4 Å². The first-order valence-electron chi connectivity index (χ1n) is 12.4. The summed E-state index contributed by atoms with van der Waals surface area (Å²) >= 11 is 0. The molecule has 5 rings (SSSR count). The summed E-state index contributed by atoms with van der Waals surface area (Å²) in [7, 11) is 3.05. The van der Waals surface area contributed by atoms with E-state index in [1.807, 2.05) is 0 Å². The van der Waals surface area contributed by atoms with Gasteiger partial charge in [-0.2, -0.15) is 0 Å². The number of nitrogens with zero attached hydrogens (tertiary/aromatic N) is 1. The molecule has 0 bridgehead atoms. The second-order valence-corrected chi connectivity index (χ2v) is 10.7. The Hall–Kier alpha value is -4.22. The van der Waals surface area contributed by atoms with Crippen molar-refractivity contribution in [2.45, 2.75) is 24.5 Å². The average Bonchev–Trinajstić information content (AvgIpc) is 2.86. The van der Waals surface area contributed by atoms with E-state index in [2.05, 4.69) is 0 Å². The van der Waals surface area contributed by atoms with E-state index in [0.29, 0.717) is 16.7 Å². The summed E-state index contributed by atoms with van der Waals surface area (Å²) in [4.78, 5) is 79.4. The fourth-order valence-corrected chi connectivity index (χ4v) is 6.72. The number of hydrogen-bond acceptors (Lipinski definition) is 9. The van der Waals surface area contributed by atoms with Gasteiger partial charge < -0.3 is 21.7 Å². The zero-order valence-electron chi connectivity index (χ0n) is 21.2. The summed E-state index contributed by atoms with van der Waals surface area (Å²) < 4.78 is 0. The van der Waals surface area contributed by atoms with Crippen LogP contribution in [0.4, 0.5) is 0 Å². The van der Waals surface area contributed by atoms with Gasteiger partial charge in [0, 0.05) is 11.5 Å². The molecule has 0 radical (unpaired) electrons. The molecule has 3 aliphatic carbocycles. The predicted octanol–water partition coefficient (Wildman–Crippen LogP) is -0.367. The normalized spacial score (nSPS) is 30.0. The number of nitrogens with two attached hydrogens (primary N) is 2. The highest BCUT2D eigenvalue weighted by molar-refractivity contribution is 6.32. The van der Waals surface area contributed by atoms with E-state index >= 15 is 0 Å². The van der Waals surface area contributed by atoms with Crippen LogP contribution in [-0.2, 0) is 25.6 Å². The van der Waals surface area contributed by atoms with E-state index in [1.54, 1.807) is 30.3 Å². The van der Waals surface area contributed by atoms with Crippen LogP contribution in [0.25, 0.3) is 11.1 Å². The Bertz CT molecular complexity index is 1500. The van der Waals surface area contributed by atoms with Crippen LogP contribution in [0.2, 0.25) is 0 Å². The molecular weight excluding hydrogens is 506 g/mol. The molecule has 2 aromatic carbocycles. The molecule has 11 nitrogen and oxygen atoms in total. The summed E-state index contributed by atoms with van der Waals surface area (Å²) in [6, 6.07) is 8.15. The number of carbonyl (C=O) groups excluding carboxylic acids is 6. The first kappa shape index (κ1) is 26.4. The lowest BCUT2D eigenvalue weighted by Crippen LogP contribution is -2.74. The number of likely N-dealkylation sites (N-methyl/N-ethyl adjacent to an activating group) is 1. The molecule has 0 spiro atoms. The topological polar surface area (TPSA) is 198 Å². The molecular formula is C28H27N3O8. The van der Waals surface area contributed by atoms with Gasteiger partial charge in [0.25, 0.3) is 0 Å². The largest absolute Gasteiger partial charge is 0.507 e. The highest BCUT2D eigenvalue weighted by Crippen LogP contribution is 2.51. The van der Waals surface area contributed by atoms with Gasteiger partial charge in [0.1, 0.15) is 5.75 Å². The third-order valence-electron chi connectivity index (χ3n) is 8.40. The van der Waals surface area contributed by atoms with Crippen molar-refractivity contribution in [1.29, 1.82) is 0 Å². The van der Waals surface area contributed by atoms with Gasteiger partial charge in [-0.05, 0) is 67.7 Å². The third-order valence-corrected chi connectivity index (χ3v) is 8.40. The van der Waals surface area contributed by atoms with Crippen LogP contribution in [0, 0.1) is 23.7 Å². The molecule has 202 valence electrons. The minimum absolute atomic E-state index is 0.0552. The number of carbonyl (C=O) groups is 6. The van der Waals surface area contributed by atoms with Crippen LogP contribution in [0.3, 0.4) is 0 Å². The molecule has 6 atom stereocenters. The smallest absolute Gasteiger partial charge is 0.248 e. The first-order valence-corrected chi connectivity index (χ1v) is 12.4.